The summed E-state index contributed by atoms with van der Waals surface area (Å²) in [4.78, 5) is 16.8. The summed E-state index contributed by atoms with van der Waals surface area (Å²) in [5.74, 6) is 0.896. The van der Waals surface area contributed by atoms with Crippen molar-refractivity contribution in [1.82, 2.24) is 19.2 Å². The summed E-state index contributed by atoms with van der Waals surface area (Å²) in [6.45, 7) is 0.647. The van der Waals surface area contributed by atoms with Crippen molar-refractivity contribution in [3.05, 3.63) is 63.4 Å². The summed E-state index contributed by atoms with van der Waals surface area (Å²) < 4.78 is 3.87. The molecule has 21 heavy (non-hydrogen) atoms. The first-order valence-corrected chi connectivity index (χ1v) is 7.68. The lowest BCUT2D eigenvalue weighted by Gasteiger charge is -1.99. The molecule has 1 saturated carbocycles. The molecule has 0 aromatic carbocycles. The molecule has 0 spiro atoms. The highest BCUT2D eigenvalue weighted by Crippen LogP contribution is 2.47. The third kappa shape index (κ3) is 2.19. The van der Waals surface area contributed by atoms with E-state index in [1.54, 1.807) is 9.08 Å². The van der Waals surface area contributed by atoms with Gasteiger partial charge < -0.3 is 0 Å². The Morgan fingerprint density at radius 1 is 1.24 bits per heavy atom. The van der Waals surface area contributed by atoms with Crippen LogP contribution < -0.4 is 5.69 Å². The van der Waals surface area contributed by atoms with E-state index in [9.17, 15) is 4.79 Å². The molecule has 0 radical (unpaired) electrons. The average Bonchev–Trinajstić information content (AvgIpc) is 3.19. The Labute approximate surface area is 129 Å². The van der Waals surface area contributed by atoms with E-state index in [1.165, 1.54) is 0 Å². The smallest absolute Gasteiger partial charge is 0.261 e. The van der Waals surface area contributed by atoms with Crippen molar-refractivity contribution in [2.45, 2.75) is 18.9 Å². The van der Waals surface area contributed by atoms with E-state index in [0.29, 0.717) is 24.0 Å². The van der Waals surface area contributed by atoms with E-state index in [2.05, 4.69) is 26.0 Å². The van der Waals surface area contributed by atoms with Crippen molar-refractivity contribution in [1.29, 1.82) is 0 Å². The Morgan fingerprint density at radius 3 is 2.90 bits per heavy atom. The van der Waals surface area contributed by atoms with E-state index in [4.69, 9.17) is 0 Å². The highest BCUT2D eigenvalue weighted by Gasteiger charge is 2.40. The van der Waals surface area contributed by atoms with Crippen LogP contribution in [0, 0.1) is 5.92 Å². The van der Waals surface area contributed by atoms with Crippen LogP contribution in [0.3, 0.4) is 0 Å². The molecule has 0 amide bonds. The molecule has 5 nitrogen and oxygen atoms in total. The maximum atomic E-state index is 12.4. The van der Waals surface area contributed by atoms with Crippen LogP contribution in [0.15, 0.2) is 52.0 Å². The third-order valence-corrected chi connectivity index (χ3v) is 4.57. The first kappa shape index (κ1) is 12.8. The Hall–Kier alpha value is -1.95. The molecule has 3 heterocycles. The van der Waals surface area contributed by atoms with Crippen molar-refractivity contribution < 1.29 is 0 Å². The molecular weight excluding hydrogens is 332 g/mol. The van der Waals surface area contributed by atoms with Crippen LogP contribution in [0.2, 0.25) is 0 Å². The minimum atomic E-state index is -0.0934. The molecule has 2 atom stereocenters. The average molecular weight is 345 g/mol. The number of pyridine rings is 2. The van der Waals surface area contributed by atoms with E-state index in [0.717, 1.165) is 16.7 Å². The number of hydrogen-bond donors (Lipinski definition) is 0. The normalized spacial score (nSPS) is 20.8. The van der Waals surface area contributed by atoms with Crippen LogP contribution in [-0.2, 0) is 6.54 Å². The number of halogens is 1. The molecule has 6 heteroatoms. The monoisotopic (exact) mass is 344 g/mol. The zero-order chi connectivity index (χ0) is 14.4. The molecule has 0 N–H and O–H groups in total. The topological polar surface area (TPSA) is 52.2 Å². The van der Waals surface area contributed by atoms with Gasteiger partial charge in [-0.05, 0) is 52.5 Å². The second-order valence-corrected chi connectivity index (χ2v) is 6.18. The van der Waals surface area contributed by atoms with E-state index >= 15 is 0 Å². The van der Waals surface area contributed by atoms with Gasteiger partial charge in [0.15, 0.2) is 5.65 Å². The minimum absolute atomic E-state index is 0.0934. The molecule has 1 aliphatic rings. The predicted octanol–water partition coefficient (Wildman–Crippen LogP) is 2.46. The van der Waals surface area contributed by atoms with Crippen LogP contribution in [0.25, 0.3) is 5.65 Å². The van der Waals surface area contributed by atoms with E-state index in [1.807, 2.05) is 42.6 Å². The van der Waals surface area contributed by atoms with E-state index in [-0.39, 0.29) is 5.69 Å². The van der Waals surface area contributed by atoms with Gasteiger partial charge in [0, 0.05) is 24.4 Å². The van der Waals surface area contributed by atoms with Crippen molar-refractivity contribution in [3.8, 4) is 0 Å². The molecule has 0 aliphatic heterocycles. The highest BCUT2D eigenvalue weighted by atomic mass is 79.9. The van der Waals surface area contributed by atoms with Gasteiger partial charge in [-0.2, -0.15) is 0 Å². The Kier molecular flexibility index (Phi) is 2.92. The minimum Gasteiger partial charge on any atom is -0.261 e. The molecule has 0 bridgehead atoms. The summed E-state index contributed by atoms with van der Waals surface area (Å²) in [7, 11) is 0. The van der Waals surface area contributed by atoms with Crippen LogP contribution >= 0.6 is 15.9 Å². The number of aromatic nitrogens is 4. The van der Waals surface area contributed by atoms with Gasteiger partial charge >= 0.3 is 5.69 Å². The van der Waals surface area contributed by atoms with Crippen LogP contribution in [0.4, 0.5) is 0 Å². The molecule has 1 fully saturated rings. The van der Waals surface area contributed by atoms with Gasteiger partial charge in [0.05, 0.1) is 4.60 Å². The number of fused-ring (bicyclic) bond motifs is 1. The zero-order valence-corrected chi connectivity index (χ0v) is 12.8. The molecule has 0 unspecified atom stereocenters. The summed E-state index contributed by atoms with van der Waals surface area (Å²) in [5, 5.41) is 4.40. The second-order valence-electron chi connectivity index (χ2n) is 5.36. The van der Waals surface area contributed by atoms with Gasteiger partial charge in [-0.15, -0.1) is 5.10 Å². The summed E-state index contributed by atoms with van der Waals surface area (Å²) in [6.07, 6.45) is 2.89. The first-order valence-electron chi connectivity index (χ1n) is 6.89. The van der Waals surface area contributed by atoms with Crippen LogP contribution in [0.1, 0.15) is 18.0 Å². The van der Waals surface area contributed by atoms with Crippen molar-refractivity contribution in [3.63, 3.8) is 0 Å². The van der Waals surface area contributed by atoms with Gasteiger partial charge in [-0.3, -0.25) is 4.98 Å². The highest BCUT2D eigenvalue weighted by molar-refractivity contribution is 9.10. The maximum Gasteiger partial charge on any atom is 0.351 e. The lowest BCUT2D eigenvalue weighted by Crippen LogP contribution is -2.22. The fraction of sp³-hybridized carbons (Fsp3) is 0.267. The summed E-state index contributed by atoms with van der Waals surface area (Å²) in [5.41, 5.74) is 1.69. The Balaban J connectivity index is 1.61. The SMILES string of the molecule is O=c1n(C[C@@H]2C[C@H]2c2ccccn2)nc2cccc(Br)n12. The number of rotatable bonds is 3. The van der Waals surface area contributed by atoms with Crippen molar-refractivity contribution >= 4 is 21.6 Å². The summed E-state index contributed by atoms with van der Waals surface area (Å²) >= 11 is 3.39. The van der Waals surface area contributed by atoms with Crippen molar-refractivity contribution in [2.24, 2.45) is 5.92 Å². The second kappa shape index (κ2) is 4.80. The van der Waals surface area contributed by atoms with Crippen LogP contribution in [0.5, 0.6) is 0 Å². The van der Waals surface area contributed by atoms with Gasteiger partial charge in [0.1, 0.15) is 0 Å². The largest absolute Gasteiger partial charge is 0.351 e. The molecular formula is C15H13BrN4O. The molecule has 1 aliphatic carbocycles. The van der Waals surface area contributed by atoms with Gasteiger partial charge in [-0.25, -0.2) is 13.9 Å². The Morgan fingerprint density at radius 2 is 2.14 bits per heavy atom. The lowest BCUT2D eigenvalue weighted by atomic mass is 10.2. The first-order chi connectivity index (χ1) is 10.2. The number of hydrogen-bond acceptors (Lipinski definition) is 3. The van der Waals surface area contributed by atoms with E-state index < -0.39 is 0 Å². The molecule has 106 valence electrons. The molecule has 0 saturated heterocycles. The number of nitrogens with zero attached hydrogens (tertiary/aromatic N) is 4. The molecule has 4 rings (SSSR count). The predicted molar refractivity (Wildman–Crippen MR) is 82.2 cm³/mol. The lowest BCUT2D eigenvalue weighted by molar-refractivity contribution is 0.534. The van der Waals surface area contributed by atoms with Gasteiger partial charge in [0.2, 0.25) is 0 Å². The maximum absolute atomic E-state index is 12.4. The van der Waals surface area contributed by atoms with Crippen molar-refractivity contribution in [2.75, 3.05) is 0 Å². The fourth-order valence-corrected chi connectivity index (χ4v) is 3.26. The fourth-order valence-electron chi connectivity index (χ4n) is 2.77. The quantitative estimate of drug-likeness (QED) is 0.686. The van der Waals surface area contributed by atoms with Gasteiger partial charge in [-0.1, -0.05) is 12.1 Å². The Bertz CT molecular complexity index is 855. The summed E-state index contributed by atoms with van der Waals surface area (Å²) in [6, 6.07) is 11.5. The van der Waals surface area contributed by atoms with Crippen LogP contribution in [-0.4, -0.2) is 19.2 Å². The standard InChI is InChI=1S/C15H13BrN4O/c16-13-5-3-6-14-18-19(15(21)20(13)14)9-10-8-11(10)12-4-1-2-7-17-12/h1-7,10-11H,8-9H2/t10-,11+/m0/s1. The van der Waals surface area contributed by atoms with Gasteiger partial charge in [0.25, 0.3) is 0 Å². The molecule has 3 aromatic heterocycles. The zero-order valence-electron chi connectivity index (χ0n) is 11.2. The third-order valence-electron chi connectivity index (χ3n) is 3.95. The molecule has 3 aromatic rings.